The van der Waals surface area contributed by atoms with Crippen molar-refractivity contribution in [1.82, 2.24) is 20.6 Å². The topological polar surface area (TPSA) is 133 Å². The van der Waals surface area contributed by atoms with Gasteiger partial charge in [0.15, 0.2) is 0 Å². The molecule has 3 aliphatic carbocycles. The van der Waals surface area contributed by atoms with E-state index in [1.54, 1.807) is 19.1 Å². The van der Waals surface area contributed by atoms with Gasteiger partial charge in [0.25, 0.3) is 5.91 Å². The summed E-state index contributed by atoms with van der Waals surface area (Å²) in [5, 5.41) is 19.2. The zero-order valence-corrected chi connectivity index (χ0v) is 41.3. The number of esters is 1. The molecule has 2 bridgehead atoms. The number of methoxy groups -OCH3 is 1. The number of hydroxylamine groups is 2. The van der Waals surface area contributed by atoms with Crippen molar-refractivity contribution in [2.24, 2.45) is 29.1 Å². The van der Waals surface area contributed by atoms with Crippen molar-refractivity contribution in [2.45, 2.75) is 104 Å². The van der Waals surface area contributed by atoms with Gasteiger partial charge in [0.1, 0.15) is 24.0 Å². The molecule has 1 heterocycles. The van der Waals surface area contributed by atoms with Gasteiger partial charge in [0.2, 0.25) is 5.91 Å². The van der Waals surface area contributed by atoms with Crippen molar-refractivity contribution in [2.75, 3.05) is 53.4 Å². The Morgan fingerprint density at radius 3 is 2.31 bits per heavy atom. The van der Waals surface area contributed by atoms with Gasteiger partial charge in [0.05, 0.1) is 26.2 Å². The van der Waals surface area contributed by atoms with E-state index in [2.05, 4.69) is 48.4 Å². The second-order valence-electron chi connectivity index (χ2n) is 20.5. The summed E-state index contributed by atoms with van der Waals surface area (Å²) in [6.07, 6.45) is 1.88. The van der Waals surface area contributed by atoms with Crippen LogP contribution in [0.3, 0.4) is 0 Å². The number of aryl methyl sites for hydroxylation is 2. The maximum absolute atomic E-state index is 14.9. The van der Waals surface area contributed by atoms with Gasteiger partial charge in [-0.1, -0.05) is 99.1 Å². The Morgan fingerprint density at radius 1 is 0.940 bits per heavy atom. The Hall–Kier alpha value is -5.27. The van der Waals surface area contributed by atoms with Crippen LogP contribution in [0.5, 0.6) is 5.75 Å². The van der Waals surface area contributed by atoms with Crippen LogP contribution in [0.4, 0.5) is 5.69 Å². The number of benzene rings is 4. The van der Waals surface area contributed by atoms with Crippen molar-refractivity contribution in [1.29, 1.82) is 0 Å². The second-order valence-corrected chi connectivity index (χ2v) is 20.5. The van der Waals surface area contributed by atoms with Crippen LogP contribution in [0.2, 0.25) is 0 Å². The fraction of sp³-hybridized carbons (Fsp3) is 0.509. The highest BCUT2D eigenvalue weighted by Crippen LogP contribution is 2.61. The number of carbonyl (C=O) groups excluding carboxylic acids is 3. The highest BCUT2D eigenvalue weighted by atomic mass is 16.7. The summed E-state index contributed by atoms with van der Waals surface area (Å²) in [4.78, 5) is 53.1. The Kier molecular flexibility index (Phi) is 15.8. The molecule has 12 nitrogen and oxygen atoms in total. The van der Waals surface area contributed by atoms with Gasteiger partial charge in [-0.15, -0.1) is 0 Å². The van der Waals surface area contributed by atoms with Crippen LogP contribution in [0.1, 0.15) is 79.6 Å². The van der Waals surface area contributed by atoms with Crippen molar-refractivity contribution >= 4 is 23.5 Å². The van der Waals surface area contributed by atoms with Crippen LogP contribution in [0, 0.1) is 36.0 Å². The molecule has 8 rings (SSSR count). The van der Waals surface area contributed by atoms with Crippen molar-refractivity contribution in [3.8, 4) is 16.9 Å². The van der Waals surface area contributed by atoms with E-state index in [9.17, 15) is 19.5 Å². The zero-order valence-electron chi connectivity index (χ0n) is 41.3. The first kappa shape index (κ1) is 49.6. The second kappa shape index (κ2) is 21.4. The average molecular weight is 916 g/mol. The van der Waals surface area contributed by atoms with Crippen LogP contribution >= 0.6 is 0 Å². The number of aliphatic hydroxyl groups excluding tert-OH is 1. The molecule has 2 amide bonds. The standard InChI is InChI=1S/C55H73N5O7/c1-34-19-21-37(22-20-34)23-24-49(62)66-36(3)50-48(33-61)67-60(51(50)54(64)57-47-30-42-29-46(35(47)2)55(42,4)5)31-39-17-14-18-45(52(39)65-10)40-26-41(28-44(27-40)59(8)9)53(63)56-43(32-58(6)7)25-38-15-12-11-13-16-38/h11-22,26-28,35-36,42-43,46-48,50-51,61H,23-25,29-33H2,1-10H3,(H,56,63)(H,57,64)/t35-,36-,42+,43-,46-,47-,48-,50+,51-/m0/s1. The third-order valence-electron chi connectivity index (χ3n) is 15.0. The van der Waals surface area contributed by atoms with E-state index in [0.29, 0.717) is 42.5 Å². The maximum Gasteiger partial charge on any atom is 0.306 e. The predicted molar refractivity (Wildman–Crippen MR) is 264 cm³/mol. The van der Waals surface area contributed by atoms with Crippen molar-refractivity contribution in [3.63, 3.8) is 0 Å². The van der Waals surface area contributed by atoms with E-state index >= 15 is 0 Å². The first-order valence-corrected chi connectivity index (χ1v) is 24.0. The minimum Gasteiger partial charge on any atom is -0.496 e. The molecule has 12 heteroatoms. The van der Waals surface area contributed by atoms with Crippen molar-refractivity contribution in [3.05, 3.63) is 119 Å². The van der Waals surface area contributed by atoms with Crippen LogP contribution in [0.15, 0.2) is 91.0 Å². The molecule has 4 aromatic carbocycles. The Morgan fingerprint density at radius 2 is 1.67 bits per heavy atom. The number of nitrogens with one attached hydrogen (secondary N) is 2. The van der Waals surface area contributed by atoms with Crippen LogP contribution < -0.4 is 20.3 Å². The quantitative estimate of drug-likeness (QED) is 0.0814. The monoisotopic (exact) mass is 916 g/mol. The molecule has 4 aliphatic rings. The number of likely N-dealkylation sites (N-methyl/N-ethyl adjacent to an activating group) is 1. The minimum absolute atomic E-state index is 0.0166. The number of nitrogens with zero attached hydrogens (tertiary/aromatic N) is 3. The number of para-hydroxylation sites is 1. The summed E-state index contributed by atoms with van der Waals surface area (Å²) in [5.41, 5.74) is 7.21. The van der Waals surface area contributed by atoms with Gasteiger partial charge >= 0.3 is 5.97 Å². The first-order chi connectivity index (χ1) is 32.0. The molecule has 0 unspecified atom stereocenters. The largest absolute Gasteiger partial charge is 0.496 e. The molecule has 0 spiro atoms. The highest BCUT2D eigenvalue weighted by molar-refractivity contribution is 5.97. The number of hydrogen-bond acceptors (Lipinski definition) is 10. The molecule has 9 atom stereocenters. The van der Waals surface area contributed by atoms with Gasteiger partial charge in [-0.3, -0.25) is 19.2 Å². The lowest BCUT2D eigenvalue weighted by molar-refractivity contribution is -0.183. The fourth-order valence-corrected chi connectivity index (χ4v) is 11.1. The van der Waals surface area contributed by atoms with Gasteiger partial charge in [-0.2, -0.15) is 5.06 Å². The molecule has 1 aliphatic heterocycles. The lowest BCUT2D eigenvalue weighted by Gasteiger charge is -2.62. The van der Waals surface area contributed by atoms with E-state index in [1.165, 1.54) is 6.42 Å². The van der Waals surface area contributed by atoms with Gasteiger partial charge in [-0.05, 0) is 112 Å². The van der Waals surface area contributed by atoms with Crippen molar-refractivity contribution < 1.29 is 33.8 Å². The lowest BCUT2D eigenvalue weighted by atomic mass is 9.45. The van der Waals surface area contributed by atoms with Gasteiger partial charge in [0, 0.05) is 61.5 Å². The number of hydrogen-bond donors (Lipinski definition) is 3. The third-order valence-corrected chi connectivity index (χ3v) is 15.0. The summed E-state index contributed by atoms with van der Waals surface area (Å²) < 4.78 is 12.3. The number of amides is 2. The number of anilines is 1. The minimum atomic E-state index is -0.901. The number of rotatable bonds is 19. The molecule has 67 heavy (non-hydrogen) atoms. The molecular formula is C55H73N5O7. The zero-order chi connectivity index (χ0) is 48.2. The van der Waals surface area contributed by atoms with E-state index in [0.717, 1.165) is 45.5 Å². The van der Waals surface area contributed by atoms with E-state index in [4.69, 9.17) is 14.3 Å². The number of aliphatic hydroxyl groups is 1. The summed E-state index contributed by atoms with van der Waals surface area (Å²) >= 11 is 0. The number of fused-ring (bicyclic) bond motifs is 2. The highest BCUT2D eigenvalue weighted by Gasteiger charge is 2.57. The predicted octanol–water partition coefficient (Wildman–Crippen LogP) is 7.48. The molecule has 0 aromatic heterocycles. The molecule has 4 fully saturated rings. The molecular weight excluding hydrogens is 843 g/mol. The fourth-order valence-electron chi connectivity index (χ4n) is 11.1. The Balaban J connectivity index is 1.17. The SMILES string of the molecule is COc1c(CN2O[C@@H](CO)[C@@H]([C@H](C)OC(=O)CCc3ccc(C)cc3)[C@H]2C(=O)N[C@H]2C[C@H]3C[C@@H]([C@@H]2C)C3(C)C)cccc1-c1cc(C(=O)N[C@@H](Cc2ccccc2)CN(C)C)cc(N(C)C)c1. The van der Waals surface area contributed by atoms with E-state index in [1.807, 2.05) is 119 Å². The van der Waals surface area contributed by atoms with E-state index < -0.39 is 24.2 Å². The Labute approximate surface area is 398 Å². The van der Waals surface area contributed by atoms with Crippen LogP contribution in [0.25, 0.3) is 11.1 Å². The smallest absolute Gasteiger partial charge is 0.306 e. The molecule has 360 valence electrons. The van der Waals surface area contributed by atoms with Crippen LogP contribution in [-0.4, -0.2) is 112 Å². The summed E-state index contributed by atoms with van der Waals surface area (Å²) in [7, 11) is 9.52. The van der Waals surface area contributed by atoms with E-state index in [-0.39, 0.29) is 60.8 Å². The Bertz CT molecular complexity index is 2340. The summed E-state index contributed by atoms with van der Waals surface area (Å²) in [5.74, 6) is 0.437. The molecule has 1 saturated heterocycles. The summed E-state index contributed by atoms with van der Waals surface area (Å²) in [6.45, 7) is 11.2. The normalized spacial score (nSPS) is 24.0. The molecule has 3 saturated carbocycles. The van der Waals surface area contributed by atoms with Gasteiger partial charge < -0.3 is 35.0 Å². The summed E-state index contributed by atoms with van der Waals surface area (Å²) in [6, 6.07) is 28.9. The average Bonchev–Trinajstić information content (AvgIpc) is 3.67. The van der Waals surface area contributed by atoms with Gasteiger partial charge in [-0.25, -0.2) is 0 Å². The molecule has 3 N–H and O–H groups in total. The third kappa shape index (κ3) is 11.4. The number of carbonyl (C=O) groups is 3. The molecule has 0 radical (unpaired) electrons. The maximum atomic E-state index is 14.9. The molecule has 4 aromatic rings. The number of ether oxygens (including phenoxy) is 2. The lowest BCUT2D eigenvalue weighted by Crippen LogP contribution is -2.62. The van der Waals surface area contributed by atoms with Crippen LogP contribution in [-0.2, 0) is 38.5 Å². The first-order valence-electron chi connectivity index (χ1n) is 24.0.